The molecule has 0 radical (unpaired) electrons. The molecule has 4 nitrogen and oxygen atoms in total. The number of rotatable bonds is 9. The lowest BCUT2D eigenvalue weighted by atomic mass is 10.1. The summed E-state index contributed by atoms with van der Waals surface area (Å²) in [6.07, 6.45) is 6.38. The summed E-state index contributed by atoms with van der Waals surface area (Å²) in [5.74, 6) is 0.0922. The largest absolute Gasteiger partial charge is 0.388 e. The molecule has 0 saturated heterocycles. The number of thiocarbonyl (C=S) groups is 2. The molecule has 0 rings (SSSR count). The number of hydrogen-bond donors (Lipinski definition) is 3. The van der Waals surface area contributed by atoms with Crippen LogP contribution in [0.5, 0.6) is 0 Å². The van der Waals surface area contributed by atoms with Gasteiger partial charge in [-0.15, -0.1) is 0 Å². The average Bonchev–Trinajstić information content (AvgIpc) is 2.34. The molecule has 0 aliphatic carbocycles. The van der Waals surface area contributed by atoms with Crippen molar-refractivity contribution in [3.05, 3.63) is 0 Å². The highest BCUT2D eigenvalue weighted by Crippen LogP contribution is 2.04. The molecule has 0 aromatic heterocycles. The lowest BCUT2D eigenvalue weighted by molar-refractivity contribution is -0.121. The van der Waals surface area contributed by atoms with Gasteiger partial charge in [0.15, 0.2) is 0 Å². The van der Waals surface area contributed by atoms with Crippen molar-refractivity contribution in [3.63, 3.8) is 0 Å². The van der Waals surface area contributed by atoms with Gasteiger partial charge < -0.3 is 16.4 Å². The molecule has 0 aliphatic rings. The van der Waals surface area contributed by atoms with Gasteiger partial charge in [-0.1, -0.05) is 57.0 Å². The van der Waals surface area contributed by atoms with Gasteiger partial charge in [0.1, 0.15) is 9.98 Å². The summed E-state index contributed by atoms with van der Waals surface area (Å²) < 4.78 is 0. The van der Waals surface area contributed by atoms with Crippen LogP contribution >= 0.6 is 24.4 Å². The molecular weight excluding hydrogens is 266 g/mol. The Labute approximate surface area is 120 Å². The van der Waals surface area contributed by atoms with Gasteiger partial charge in [-0.2, -0.15) is 0 Å². The highest BCUT2D eigenvalue weighted by molar-refractivity contribution is 7.89. The number of carbonyl (C=O) groups is 1. The Bertz CT molecular complexity index is 282. The minimum atomic E-state index is 0.0922. The van der Waals surface area contributed by atoms with E-state index in [9.17, 15) is 4.79 Å². The first-order chi connectivity index (χ1) is 8.57. The normalized spacial score (nSPS) is 9.83. The van der Waals surface area contributed by atoms with E-state index in [0.717, 1.165) is 12.8 Å². The quantitative estimate of drug-likeness (QED) is 0.445. The Kier molecular flexibility index (Phi) is 10.9. The van der Waals surface area contributed by atoms with Crippen LogP contribution in [0.1, 0.15) is 45.4 Å². The van der Waals surface area contributed by atoms with E-state index in [1.165, 1.54) is 19.3 Å². The zero-order chi connectivity index (χ0) is 13.8. The number of hydrogen-bond acceptors (Lipinski definition) is 3. The van der Waals surface area contributed by atoms with Gasteiger partial charge in [0, 0.05) is 19.5 Å². The Morgan fingerprint density at radius 1 is 1.06 bits per heavy atom. The zero-order valence-corrected chi connectivity index (χ0v) is 12.6. The molecular formula is C12H23N3OS2. The number of nitrogens with two attached hydrogens (primary N) is 1. The summed E-state index contributed by atoms with van der Waals surface area (Å²) in [6, 6.07) is 0. The first-order valence-electron chi connectivity index (χ1n) is 6.42. The van der Waals surface area contributed by atoms with Crippen LogP contribution in [0.15, 0.2) is 0 Å². The highest BCUT2D eigenvalue weighted by Gasteiger charge is 2.01. The van der Waals surface area contributed by atoms with Crippen molar-refractivity contribution in [1.82, 2.24) is 10.6 Å². The van der Waals surface area contributed by atoms with Crippen molar-refractivity contribution in [2.45, 2.75) is 45.4 Å². The third kappa shape index (κ3) is 10.4. The molecule has 1 amide bonds. The topological polar surface area (TPSA) is 67.2 Å². The van der Waals surface area contributed by atoms with Crippen LogP contribution in [0.4, 0.5) is 0 Å². The highest BCUT2D eigenvalue weighted by atomic mass is 32.1. The fraction of sp³-hybridized carbons (Fsp3) is 0.750. The summed E-state index contributed by atoms with van der Waals surface area (Å²) in [5, 5.41) is 5.69. The predicted octanol–water partition coefficient (Wildman–Crippen LogP) is 1.67. The van der Waals surface area contributed by atoms with Crippen LogP contribution in [-0.4, -0.2) is 29.0 Å². The van der Waals surface area contributed by atoms with E-state index in [1.54, 1.807) is 0 Å². The van der Waals surface area contributed by atoms with E-state index < -0.39 is 0 Å². The van der Waals surface area contributed by atoms with Gasteiger partial charge in [-0.25, -0.2) is 0 Å². The van der Waals surface area contributed by atoms with E-state index in [-0.39, 0.29) is 10.9 Å². The minimum Gasteiger partial charge on any atom is -0.388 e. The molecule has 0 bridgehead atoms. The van der Waals surface area contributed by atoms with E-state index in [0.29, 0.717) is 24.5 Å². The fourth-order valence-corrected chi connectivity index (χ4v) is 1.62. The molecule has 0 heterocycles. The molecule has 0 aliphatic heterocycles. The Morgan fingerprint density at radius 3 is 2.28 bits per heavy atom. The van der Waals surface area contributed by atoms with Crippen LogP contribution in [0, 0.1) is 0 Å². The van der Waals surface area contributed by atoms with Crippen molar-refractivity contribution in [2.75, 3.05) is 13.1 Å². The van der Waals surface area contributed by atoms with Gasteiger partial charge >= 0.3 is 0 Å². The molecule has 4 N–H and O–H groups in total. The van der Waals surface area contributed by atoms with Crippen molar-refractivity contribution in [2.24, 2.45) is 5.73 Å². The Balaban J connectivity index is 3.37. The van der Waals surface area contributed by atoms with Crippen molar-refractivity contribution >= 4 is 40.3 Å². The maximum atomic E-state index is 11.4. The second-order valence-corrected chi connectivity index (χ2v) is 4.98. The van der Waals surface area contributed by atoms with Gasteiger partial charge in [-0.05, 0) is 6.42 Å². The van der Waals surface area contributed by atoms with Crippen molar-refractivity contribution in [3.8, 4) is 0 Å². The van der Waals surface area contributed by atoms with Crippen molar-refractivity contribution < 1.29 is 4.79 Å². The van der Waals surface area contributed by atoms with Gasteiger partial charge in [0.05, 0.1) is 0 Å². The molecule has 104 valence electrons. The van der Waals surface area contributed by atoms with E-state index in [1.807, 2.05) is 0 Å². The van der Waals surface area contributed by atoms with Gasteiger partial charge in [0.25, 0.3) is 0 Å². The average molecular weight is 289 g/mol. The van der Waals surface area contributed by atoms with Crippen molar-refractivity contribution in [1.29, 1.82) is 0 Å². The molecule has 0 aromatic carbocycles. The van der Waals surface area contributed by atoms with Crippen LogP contribution in [-0.2, 0) is 4.79 Å². The first kappa shape index (κ1) is 17.2. The first-order valence-corrected chi connectivity index (χ1v) is 7.24. The molecule has 18 heavy (non-hydrogen) atoms. The number of unbranched alkanes of at least 4 members (excludes halogenated alkanes) is 4. The van der Waals surface area contributed by atoms with E-state index in [4.69, 9.17) is 30.2 Å². The molecule has 6 heteroatoms. The molecule has 0 saturated carbocycles. The number of carbonyl (C=O) groups excluding carboxylic acids is 1. The minimum absolute atomic E-state index is 0.0922. The Morgan fingerprint density at radius 2 is 1.67 bits per heavy atom. The molecule has 0 unspecified atom stereocenters. The molecule has 0 aromatic rings. The smallest absolute Gasteiger partial charge is 0.220 e. The van der Waals surface area contributed by atoms with E-state index in [2.05, 4.69) is 17.6 Å². The fourth-order valence-electron chi connectivity index (χ4n) is 1.44. The van der Waals surface area contributed by atoms with Crippen LogP contribution in [0.2, 0.25) is 0 Å². The molecule has 0 fully saturated rings. The SMILES string of the molecule is CCCCCCCC(=O)NCCNC(=S)C(N)=S. The lowest BCUT2D eigenvalue weighted by Crippen LogP contribution is -2.38. The molecule has 0 spiro atoms. The third-order valence-corrected chi connectivity index (χ3v) is 3.16. The second-order valence-electron chi connectivity index (χ2n) is 4.13. The standard InChI is InChI=1S/C12H23N3OS2/c1-2-3-4-5-6-7-10(16)14-8-9-15-12(18)11(13)17/h2-9H2,1H3,(H2,13,17)(H,14,16)(H,15,18). The molecule has 0 atom stereocenters. The lowest BCUT2D eigenvalue weighted by Gasteiger charge is -2.07. The van der Waals surface area contributed by atoms with Gasteiger partial charge in [0.2, 0.25) is 5.91 Å². The van der Waals surface area contributed by atoms with Gasteiger partial charge in [-0.3, -0.25) is 4.79 Å². The predicted molar refractivity (Wildman–Crippen MR) is 83.8 cm³/mol. The number of nitrogens with one attached hydrogen (secondary N) is 2. The summed E-state index contributed by atoms with van der Waals surface area (Å²) >= 11 is 9.58. The van der Waals surface area contributed by atoms with Crippen LogP contribution < -0.4 is 16.4 Å². The third-order valence-electron chi connectivity index (χ3n) is 2.46. The summed E-state index contributed by atoms with van der Waals surface area (Å²) in [5.41, 5.74) is 5.32. The summed E-state index contributed by atoms with van der Waals surface area (Å²) in [7, 11) is 0. The zero-order valence-electron chi connectivity index (χ0n) is 11.0. The maximum Gasteiger partial charge on any atom is 0.220 e. The maximum absolute atomic E-state index is 11.4. The van der Waals surface area contributed by atoms with Crippen LogP contribution in [0.25, 0.3) is 0 Å². The van der Waals surface area contributed by atoms with E-state index >= 15 is 0 Å². The Hall–Kier alpha value is -0.750. The summed E-state index contributed by atoms with van der Waals surface area (Å²) in [6.45, 7) is 3.27. The van der Waals surface area contributed by atoms with Crippen LogP contribution in [0.3, 0.4) is 0 Å². The monoisotopic (exact) mass is 289 g/mol. The number of amides is 1. The summed E-state index contributed by atoms with van der Waals surface area (Å²) in [4.78, 5) is 12.0. The second kappa shape index (κ2) is 11.3.